The standard InChI is InChI=1S/C15H19ClN4O/c1-9(2)14-17-8-13(20(14)4)19-15(21)18-11-6-5-10(3)12(16)7-11/h5-9H,1-4H3,(H2,18,19,21). The number of benzene rings is 1. The Balaban J connectivity index is 2.06. The number of amides is 2. The number of rotatable bonds is 3. The van der Waals surface area contributed by atoms with Crippen LogP contribution in [-0.4, -0.2) is 15.6 Å². The van der Waals surface area contributed by atoms with Gasteiger partial charge in [-0.1, -0.05) is 31.5 Å². The summed E-state index contributed by atoms with van der Waals surface area (Å²) in [5.41, 5.74) is 1.62. The van der Waals surface area contributed by atoms with E-state index in [0.29, 0.717) is 22.4 Å². The monoisotopic (exact) mass is 306 g/mol. The molecule has 0 fully saturated rings. The van der Waals surface area contributed by atoms with Crippen LogP contribution in [0.2, 0.25) is 5.02 Å². The molecule has 0 saturated heterocycles. The number of carbonyl (C=O) groups excluding carboxylic acids is 1. The van der Waals surface area contributed by atoms with Crippen LogP contribution in [0.25, 0.3) is 0 Å². The molecule has 21 heavy (non-hydrogen) atoms. The quantitative estimate of drug-likeness (QED) is 0.895. The zero-order valence-corrected chi connectivity index (χ0v) is 13.3. The largest absolute Gasteiger partial charge is 0.324 e. The van der Waals surface area contributed by atoms with Crippen molar-refractivity contribution in [2.75, 3.05) is 10.6 Å². The van der Waals surface area contributed by atoms with Gasteiger partial charge in [0.1, 0.15) is 11.6 Å². The summed E-state index contributed by atoms with van der Waals surface area (Å²) in [5, 5.41) is 6.14. The molecule has 5 nitrogen and oxygen atoms in total. The molecule has 0 aliphatic heterocycles. The van der Waals surface area contributed by atoms with Gasteiger partial charge in [0.25, 0.3) is 0 Å². The van der Waals surface area contributed by atoms with E-state index in [1.54, 1.807) is 12.3 Å². The minimum atomic E-state index is -0.326. The first-order valence-electron chi connectivity index (χ1n) is 6.74. The lowest BCUT2D eigenvalue weighted by Crippen LogP contribution is -2.21. The van der Waals surface area contributed by atoms with E-state index in [2.05, 4.69) is 29.5 Å². The van der Waals surface area contributed by atoms with Crippen LogP contribution in [0.1, 0.15) is 31.2 Å². The van der Waals surface area contributed by atoms with Crippen molar-refractivity contribution in [2.24, 2.45) is 7.05 Å². The molecule has 0 atom stereocenters. The number of urea groups is 1. The highest BCUT2D eigenvalue weighted by molar-refractivity contribution is 6.31. The summed E-state index contributed by atoms with van der Waals surface area (Å²) >= 11 is 6.04. The van der Waals surface area contributed by atoms with Gasteiger partial charge in [0.05, 0.1) is 6.20 Å². The average molecular weight is 307 g/mol. The van der Waals surface area contributed by atoms with E-state index >= 15 is 0 Å². The van der Waals surface area contributed by atoms with Crippen LogP contribution in [0.3, 0.4) is 0 Å². The maximum absolute atomic E-state index is 12.0. The Kier molecular flexibility index (Phi) is 4.53. The lowest BCUT2D eigenvalue weighted by molar-refractivity contribution is 0.262. The van der Waals surface area contributed by atoms with Gasteiger partial charge in [-0.05, 0) is 24.6 Å². The summed E-state index contributed by atoms with van der Waals surface area (Å²) in [6, 6.07) is 5.06. The van der Waals surface area contributed by atoms with Crippen molar-refractivity contribution in [1.29, 1.82) is 0 Å². The molecule has 1 aromatic carbocycles. The lowest BCUT2D eigenvalue weighted by atomic mass is 10.2. The predicted octanol–water partition coefficient (Wildman–Crippen LogP) is 4.15. The number of nitrogens with zero attached hydrogens (tertiary/aromatic N) is 2. The number of nitrogens with one attached hydrogen (secondary N) is 2. The highest BCUT2D eigenvalue weighted by atomic mass is 35.5. The van der Waals surface area contributed by atoms with Gasteiger partial charge in [0, 0.05) is 23.7 Å². The molecule has 1 heterocycles. The smallest absolute Gasteiger partial charge is 0.318 e. The number of hydrogen-bond acceptors (Lipinski definition) is 2. The number of halogens is 1. The summed E-state index contributed by atoms with van der Waals surface area (Å²) < 4.78 is 1.87. The summed E-state index contributed by atoms with van der Waals surface area (Å²) in [7, 11) is 1.88. The summed E-state index contributed by atoms with van der Waals surface area (Å²) in [6.07, 6.45) is 1.65. The zero-order valence-electron chi connectivity index (χ0n) is 12.6. The minimum absolute atomic E-state index is 0.296. The normalized spacial score (nSPS) is 10.8. The summed E-state index contributed by atoms with van der Waals surface area (Å²) in [5.74, 6) is 1.86. The molecule has 0 unspecified atom stereocenters. The topological polar surface area (TPSA) is 59.0 Å². The Morgan fingerprint density at radius 1 is 1.33 bits per heavy atom. The van der Waals surface area contributed by atoms with Gasteiger partial charge in [-0.2, -0.15) is 0 Å². The fourth-order valence-electron chi connectivity index (χ4n) is 2.03. The minimum Gasteiger partial charge on any atom is -0.318 e. The molecular weight excluding hydrogens is 288 g/mol. The molecule has 6 heteroatoms. The van der Waals surface area contributed by atoms with E-state index < -0.39 is 0 Å². The molecule has 2 rings (SSSR count). The first-order chi connectivity index (χ1) is 9.88. The highest BCUT2D eigenvalue weighted by Crippen LogP contribution is 2.21. The van der Waals surface area contributed by atoms with Crippen LogP contribution in [0, 0.1) is 6.92 Å². The van der Waals surface area contributed by atoms with E-state index in [1.807, 2.05) is 30.7 Å². The number of carbonyl (C=O) groups is 1. The number of anilines is 2. The molecule has 0 aliphatic rings. The van der Waals surface area contributed by atoms with E-state index in [9.17, 15) is 4.79 Å². The van der Waals surface area contributed by atoms with Crippen molar-refractivity contribution < 1.29 is 4.79 Å². The highest BCUT2D eigenvalue weighted by Gasteiger charge is 2.12. The van der Waals surface area contributed by atoms with Crippen molar-refractivity contribution in [3.63, 3.8) is 0 Å². The SMILES string of the molecule is Cc1ccc(NC(=O)Nc2cnc(C(C)C)n2C)cc1Cl. The van der Waals surface area contributed by atoms with Crippen molar-refractivity contribution in [2.45, 2.75) is 26.7 Å². The third-order valence-corrected chi connectivity index (χ3v) is 3.62. The Morgan fingerprint density at radius 2 is 2.05 bits per heavy atom. The van der Waals surface area contributed by atoms with Crippen molar-refractivity contribution in [3.05, 3.63) is 40.8 Å². The van der Waals surface area contributed by atoms with E-state index in [1.165, 1.54) is 0 Å². The predicted molar refractivity (Wildman–Crippen MR) is 86.1 cm³/mol. The van der Waals surface area contributed by atoms with Crippen molar-refractivity contribution in [1.82, 2.24) is 9.55 Å². The molecule has 2 N–H and O–H groups in total. The molecule has 0 spiro atoms. The maximum Gasteiger partial charge on any atom is 0.324 e. The number of aryl methyl sites for hydroxylation is 1. The third kappa shape index (κ3) is 3.55. The van der Waals surface area contributed by atoms with Crippen LogP contribution in [0.15, 0.2) is 24.4 Å². The molecule has 112 valence electrons. The van der Waals surface area contributed by atoms with Gasteiger partial charge in [0.15, 0.2) is 0 Å². The average Bonchev–Trinajstić information content (AvgIpc) is 2.75. The maximum atomic E-state index is 12.0. The van der Waals surface area contributed by atoms with Crippen LogP contribution < -0.4 is 10.6 Å². The molecule has 2 aromatic rings. The van der Waals surface area contributed by atoms with Gasteiger partial charge in [-0.25, -0.2) is 9.78 Å². The Hall–Kier alpha value is -2.01. The van der Waals surface area contributed by atoms with Crippen LogP contribution >= 0.6 is 11.6 Å². The second kappa shape index (κ2) is 6.18. The molecule has 0 saturated carbocycles. The first kappa shape index (κ1) is 15.4. The zero-order chi connectivity index (χ0) is 15.6. The molecular formula is C15H19ClN4O. The molecule has 0 bridgehead atoms. The molecule has 0 aliphatic carbocycles. The number of aromatic nitrogens is 2. The molecule has 1 aromatic heterocycles. The first-order valence-corrected chi connectivity index (χ1v) is 7.12. The summed E-state index contributed by atoms with van der Waals surface area (Å²) in [4.78, 5) is 16.3. The Morgan fingerprint density at radius 3 is 2.62 bits per heavy atom. The fraction of sp³-hybridized carbons (Fsp3) is 0.333. The van der Waals surface area contributed by atoms with Gasteiger partial charge in [-0.15, -0.1) is 0 Å². The van der Waals surface area contributed by atoms with E-state index in [-0.39, 0.29) is 6.03 Å². The van der Waals surface area contributed by atoms with E-state index in [4.69, 9.17) is 11.6 Å². The third-order valence-electron chi connectivity index (χ3n) is 3.21. The van der Waals surface area contributed by atoms with Gasteiger partial charge < -0.3 is 9.88 Å². The van der Waals surface area contributed by atoms with E-state index in [0.717, 1.165) is 11.4 Å². The van der Waals surface area contributed by atoms with Crippen LogP contribution in [0.4, 0.5) is 16.3 Å². The summed E-state index contributed by atoms with van der Waals surface area (Å²) in [6.45, 7) is 6.02. The number of imidazole rings is 1. The van der Waals surface area contributed by atoms with Crippen LogP contribution in [-0.2, 0) is 7.05 Å². The van der Waals surface area contributed by atoms with Gasteiger partial charge >= 0.3 is 6.03 Å². The number of hydrogen-bond donors (Lipinski definition) is 2. The second-order valence-corrected chi connectivity index (χ2v) is 5.67. The van der Waals surface area contributed by atoms with Crippen LogP contribution in [0.5, 0.6) is 0 Å². The molecule has 2 amide bonds. The van der Waals surface area contributed by atoms with Crippen molar-refractivity contribution >= 4 is 29.1 Å². The fourth-order valence-corrected chi connectivity index (χ4v) is 2.21. The van der Waals surface area contributed by atoms with Gasteiger partial charge in [0.2, 0.25) is 0 Å². The van der Waals surface area contributed by atoms with Crippen molar-refractivity contribution in [3.8, 4) is 0 Å². The molecule has 0 radical (unpaired) electrons. The lowest BCUT2D eigenvalue weighted by Gasteiger charge is -2.11. The Labute approximate surface area is 129 Å². The van der Waals surface area contributed by atoms with Gasteiger partial charge in [-0.3, -0.25) is 5.32 Å². The second-order valence-electron chi connectivity index (χ2n) is 5.26. The Bertz CT molecular complexity index is 664.